The van der Waals surface area contributed by atoms with Crippen molar-refractivity contribution in [3.8, 4) is 0 Å². The first-order valence-electron chi connectivity index (χ1n) is 10.3. The highest BCUT2D eigenvalue weighted by atomic mass is 16.2. The van der Waals surface area contributed by atoms with Gasteiger partial charge in [-0.05, 0) is 76.2 Å². The lowest BCUT2D eigenvalue weighted by atomic mass is 9.95. The molecule has 1 N–H and O–H groups in total. The first-order valence-corrected chi connectivity index (χ1v) is 10.3. The number of nitrogens with one attached hydrogen (secondary N) is 1. The molecule has 0 radical (unpaired) electrons. The second-order valence-corrected chi connectivity index (χ2v) is 7.90. The third-order valence-electron chi connectivity index (χ3n) is 5.90. The van der Waals surface area contributed by atoms with E-state index in [1.165, 1.54) is 6.42 Å². The summed E-state index contributed by atoms with van der Waals surface area (Å²) in [4.78, 5) is 33.7. The fourth-order valence-electron chi connectivity index (χ4n) is 4.22. The summed E-state index contributed by atoms with van der Waals surface area (Å²) < 4.78 is 0. The van der Waals surface area contributed by atoms with E-state index < -0.39 is 0 Å². The number of rotatable bonds is 5. The van der Waals surface area contributed by atoms with E-state index in [1.54, 1.807) is 6.20 Å². The minimum atomic E-state index is -0.00274. The maximum absolute atomic E-state index is 12.7. The van der Waals surface area contributed by atoms with E-state index in [0.29, 0.717) is 18.4 Å². The van der Waals surface area contributed by atoms with Gasteiger partial charge < -0.3 is 10.2 Å². The number of amides is 2. The van der Waals surface area contributed by atoms with E-state index in [2.05, 4.69) is 27.0 Å². The molecule has 2 fully saturated rings. The van der Waals surface area contributed by atoms with Crippen molar-refractivity contribution in [3.05, 3.63) is 23.9 Å². The Morgan fingerprint density at radius 2 is 1.96 bits per heavy atom. The minimum absolute atomic E-state index is 0.00274. The van der Waals surface area contributed by atoms with Gasteiger partial charge in [0, 0.05) is 24.7 Å². The van der Waals surface area contributed by atoms with E-state index in [-0.39, 0.29) is 17.7 Å². The largest absolute Gasteiger partial charge is 0.339 e. The standard InChI is InChI=1S/C21H32N4O2/c1-3-18-6-4-5-11-25(18)20(26)15-24-12-8-17(9-13-24)21(27)23-19-14-16(2)7-10-22-19/h7,10,14,17-18H,3-6,8-9,11-13,15H2,1-2H3,(H,22,23,27). The number of aryl methyl sites for hydroxylation is 1. The minimum Gasteiger partial charge on any atom is -0.339 e. The normalized spacial score (nSPS) is 21.9. The fraction of sp³-hybridized carbons (Fsp3) is 0.667. The lowest BCUT2D eigenvalue weighted by Crippen LogP contribution is -2.49. The Morgan fingerprint density at radius 1 is 1.19 bits per heavy atom. The number of likely N-dealkylation sites (tertiary alicyclic amines) is 2. The van der Waals surface area contributed by atoms with Gasteiger partial charge in [0.15, 0.2) is 0 Å². The van der Waals surface area contributed by atoms with Gasteiger partial charge in [-0.25, -0.2) is 4.98 Å². The van der Waals surface area contributed by atoms with Crippen molar-refractivity contribution < 1.29 is 9.59 Å². The molecule has 3 rings (SSSR count). The van der Waals surface area contributed by atoms with Crippen LogP contribution in [0.4, 0.5) is 5.82 Å². The first kappa shape index (κ1) is 19.8. The summed E-state index contributed by atoms with van der Waals surface area (Å²) in [5.41, 5.74) is 1.08. The molecule has 1 unspecified atom stereocenters. The average Bonchev–Trinajstić information content (AvgIpc) is 2.68. The van der Waals surface area contributed by atoms with Gasteiger partial charge in [0.05, 0.1) is 6.54 Å². The van der Waals surface area contributed by atoms with Crippen LogP contribution in [-0.4, -0.2) is 58.8 Å². The molecule has 2 aliphatic heterocycles. The molecular formula is C21H32N4O2. The summed E-state index contributed by atoms with van der Waals surface area (Å²) in [7, 11) is 0. The molecule has 27 heavy (non-hydrogen) atoms. The van der Waals surface area contributed by atoms with Crippen LogP contribution in [0.3, 0.4) is 0 Å². The maximum Gasteiger partial charge on any atom is 0.236 e. The molecule has 2 amide bonds. The third kappa shape index (κ3) is 5.28. The van der Waals surface area contributed by atoms with Crippen LogP contribution in [0, 0.1) is 12.8 Å². The molecule has 0 spiro atoms. The first-order chi connectivity index (χ1) is 13.1. The number of piperidine rings is 2. The molecule has 1 aromatic rings. The van der Waals surface area contributed by atoms with Crippen molar-refractivity contribution in [1.29, 1.82) is 0 Å². The molecule has 6 heteroatoms. The molecule has 1 atom stereocenters. The predicted octanol–water partition coefficient (Wildman–Crippen LogP) is 2.83. The number of aromatic nitrogens is 1. The molecule has 1 aromatic heterocycles. The fourth-order valence-corrected chi connectivity index (χ4v) is 4.22. The molecule has 2 saturated heterocycles. The molecule has 0 bridgehead atoms. The van der Waals surface area contributed by atoms with Crippen LogP contribution in [0.2, 0.25) is 0 Å². The Labute approximate surface area is 162 Å². The van der Waals surface area contributed by atoms with E-state index in [4.69, 9.17) is 0 Å². The monoisotopic (exact) mass is 372 g/mol. The smallest absolute Gasteiger partial charge is 0.236 e. The number of pyridine rings is 1. The van der Waals surface area contributed by atoms with E-state index in [9.17, 15) is 9.59 Å². The van der Waals surface area contributed by atoms with Gasteiger partial charge in [-0.3, -0.25) is 14.5 Å². The Balaban J connectivity index is 1.45. The summed E-state index contributed by atoms with van der Waals surface area (Å²) >= 11 is 0. The SMILES string of the molecule is CCC1CCCCN1C(=O)CN1CCC(C(=O)Nc2cc(C)ccn2)CC1. The van der Waals surface area contributed by atoms with Gasteiger partial charge in [0.2, 0.25) is 11.8 Å². The van der Waals surface area contributed by atoms with Gasteiger partial charge >= 0.3 is 0 Å². The van der Waals surface area contributed by atoms with E-state index in [1.807, 2.05) is 19.1 Å². The number of hydrogen-bond acceptors (Lipinski definition) is 4. The van der Waals surface area contributed by atoms with Crippen LogP contribution in [0.15, 0.2) is 18.3 Å². The number of anilines is 1. The maximum atomic E-state index is 12.7. The quantitative estimate of drug-likeness (QED) is 0.863. The highest BCUT2D eigenvalue weighted by Crippen LogP contribution is 2.22. The van der Waals surface area contributed by atoms with Gasteiger partial charge in [-0.2, -0.15) is 0 Å². The molecule has 0 aromatic carbocycles. The zero-order valence-corrected chi connectivity index (χ0v) is 16.6. The molecular weight excluding hydrogens is 340 g/mol. The van der Waals surface area contributed by atoms with Crippen molar-refractivity contribution in [3.63, 3.8) is 0 Å². The topological polar surface area (TPSA) is 65.5 Å². The Hall–Kier alpha value is -1.95. The Bertz CT molecular complexity index is 655. The zero-order chi connectivity index (χ0) is 19.2. The van der Waals surface area contributed by atoms with Crippen LogP contribution in [-0.2, 0) is 9.59 Å². The molecule has 0 aliphatic carbocycles. The van der Waals surface area contributed by atoms with Crippen molar-refractivity contribution in [1.82, 2.24) is 14.8 Å². The van der Waals surface area contributed by atoms with Crippen molar-refractivity contribution >= 4 is 17.6 Å². The van der Waals surface area contributed by atoms with E-state index in [0.717, 1.165) is 57.3 Å². The highest BCUT2D eigenvalue weighted by molar-refractivity contribution is 5.91. The lowest BCUT2D eigenvalue weighted by Gasteiger charge is -2.38. The van der Waals surface area contributed by atoms with Crippen molar-refractivity contribution in [2.45, 2.75) is 58.4 Å². The van der Waals surface area contributed by atoms with Crippen molar-refractivity contribution in [2.24, 2.45) is 5.92 Å². The summed E-state index contributed by atoms with van der Waals surface area (Å²) in [6.07, 6.45) is 7.84. The predicted molar refractivity (Wildman–Crippen MR) is 106 cm³/mol. The van der Waals surface area contributed by atoms with Gasteiger partial charge in [-0.1, -0.05) is 6.92 Å². The number of hydrogen-bond donors (Lipinski definition) is 1. The summed E-state index contributed by atoms with van der Waals surface area (Å²) in [6, 6.07) is 4.21. The van der Waals surface area contributed by atoms with E-state index >= 15 is 0 Å². The van der Waals surface area contributed by atoms with Crippen LogP contribution < -0.4 is 5.32 Å². The summed E-state index contributed by atoms with van der Waals surface area (Å²) in [5, 5.41) is 2.93. The van der Waals surface area contributed by atoms with Gasteiger partial charge in [0.25, 0.3) is 0 Å². The zero-order valence-electron chi connectivity index (χ0n) is 16.6. The third-order valence-corrected chi connectivity index (χ3v) is 5.90. The number of carbonyl (C=O) groups excluding carboxylic acids is 2. The second-order valence-electron chi connectivity index (χ2n) is 7.90. The van der Waals surface area contributed by atoms with Gasteiger partial charge in [0.1, 0.15) is 5.82 Å². The molecule has 3 heterocycles. The molecule has 0 saturated carbocycles. The summed E-state index contributed by atoms with van der Waals surface area (Å²) in [5.74, 6) is 0.917. The van der Waals surface area contributed by atoms with Crippen LogP contribution in [0.5, 0.6) is 0 Å². The Morgan fingerprint density at radius 3 is 2.67 bits per heavy atom. The van der Waals surface area contributed by atoms with Crippen molar-refractivity contribution in [2.75, 3.05) is 31.5 Å². The average molecular weight is 373 g/mol. The molecule has 6 nitrogen and oxygen atoms in total. The highest BCUT2D eigenvalue weighted by Gasteiger charge is 2.29. The Kier molecular flexibility index (Phi) is 6.83. The van der Waals surface area contributed by atoms with Gasteiger partial charge in [-0.15, -0.1) is 0 Å². The van der Waals surface area contributed by atoms with Crippen LogP contribution >= 0.6 is 0 Å². The van der Waals surface area contributed by atoms with Crippen LogP contribution in [0.25, 0.3) is 0 Å². The van der Waals surface area contributed by atoms with Crippen LogP contribution in [0.1, 0.15) is 51.0 Å². The molecule has 2 aliphatic rings. The second kappa shape index (κ2) is 9.31. The number of carbonyl (C=O) groups is 2. The lowest BCUT2D eigenvalue weighted by molar-refractivity contribution is -0.136. The summed E-state index contributed by atoms with van der Waals surface area (Å²) in [6.45, 7) is 7.15. The molecule has 148 valence electrons. The number of nitrogens with zero attached hydrogens (tertiary/aromatic N) is 3.